The van der Waals surface area contributed by atoms with Gasteiger partial charge in [0.1, 0.15) is 11.9 Å². The van der Waals surface area contributed by atoms with E-state index in [0.29, 0.717) is 40.2 Å². The van der Waals surface area contributed by atoms with Gasteiger partial charge in [-0.3, -0.25) is 19.4 Å². The lowest BCUT2D eigenvalue weighted by atomic mass is 10.1. The van der Waals surface area contributed by atoms with Crippen LogP contribution in [-0.4, -0.2) is 45.3 Å². The number of halogens is 1. The van der Waals surface area contributed by atoms with Crippen molar-refractivity contribution in [1.82, 2.24) is 10.2 Å². The summed E-state index contributed by atoms with van der Waals surface area (Å²) in [6, 6.07) is 17.4. The fourth-order valence-electron chi connectivity index (χ4n) is 3.89. The maximum atomic E-state index is 13.4. The molecule has 2 aliphatic heterocycles. The van der Waals surface area contributed by atoms with E-state index in [0.717, 1.165) is 10.4 Å². The zero-order valence-electron chi connectivity index (χ0n) is 19.0. The lowest BCUT2D eigenvalue weighted by Gasteiger charge is -2.25. The summed E-state index contributed by atoms with van der Waals surface area (Å²) in [6.45, 7) is 0.470. The van der Waals surface area contributed by atoms with Gasteiger partial charge in [-0.25, -0.2) is 9.89 Å². The summed E-state index contributed by atoms with van der Waals surface area (Å²) in [5.41, 5.74) is 1.98. The Balaban J connectivity index is 1.28. The quantitative estimate of drug-likeness (QED) is 0.407. The van der Waals surface area contributed by atoms with Crippen molar-refractivity contribution in [2.24, 2.45) is 9.98 Å². The van der Waals surface area contributed by atoms with Gasteiger partial charge in [0.05, 0.1) is 18.0 Å². The number of nitrogens with zero attached hydrogens (tertiary/aromatic N) is 3. The number of aliphatic imine (C=N–C) groups is 2. The molecule has 2 aromatic carbocycles. The minimum Gasteiger partial charge on any atom is -0.351 e. The number of amidine groups is 2. The summed E-state index contributed by atoms with van der Waals surface area (Å²) in [7, 11) is 0. The highest BCUT2D eigenvalue weighted by atomic mass is 35.5. The van der Waals surface area contributed by atoms with Crippen LogP contribution in [0.15, 0.2) is 76.0 Å². The topological polar surface area (TPSA) is 91.2 Å². The van der Waals surface area contributed by atoms with Crippen molar-refractivity contribution < 1.29 is 14.4 Å². The monoisotopic (exact) mass is 536 g/mol. The lowest BCUT2D eigenvalue weighted by Crippen LogP contribution is -2.41. The third-order valence-electron chi connectivity index (χ3n) is 5.73. The number of hydrogen-bond donors (Lipinski definition) is 1. The molecule has 1 N–H and O–H groups in total. The number of thioether (sulfide) groups is 1. The summed E-state index contributed by atoms with van der Waals surface area (Å²) in [6.07, 6.45) is 0.474. The predicted octanol–water partition coefficient (Wildman–Crippen LogP) is 5.07. The van der Waals surface area contributed by atoms with Crippen molar-refractivity contribution in [3.05, 3.63) is 87.1 Å². The SMILES string of the molecule is O=C(CC[C@H]1N=C2c3ccccc3N=C(SCC(=O)c3ccc(Cl)cc3)N2C1=O)NCc1cccs1. The first-order chi connectivity index (χ1) is 17.5. The lowest BCUT2D eigenvalue weighted by molar-refractivity contribution is -0.125. The van der Waals surface area contributed by atoms with Crippen LogP contribution >= 0.6 is 34.7 Å². The molecule has 0 radical (unpaired) electrons. The van der Waals surface area contributed by atoms with Gasteiger partial charge in [-0.05, 0) is 54.3 Å². The summed E-state index contributed by atoms with van der Waals surface area (Å²) < 4.78 is 0. The van der Waals surface area contributed by atoms with Crippen LogP contribution in [-0.2, 0) is 16.1 Å². The molecule has 1 atom stereocenters. The number of para-hydroxylation sites is 1. The number of thiophene rings is 1. The summed E-state index contributed by atoms with van der Waals surface area (Å²) >= 11 is 8.70. The third-order valence-corrected chi connectivity index (χ3v) is 7.80. The van der Waals surface area contributed by atoms with Gasteiger partial charge >= 0.3 is 0 Å². The number of hydrogen-bond acceptors (Lipinski definition) is 7. The number of fused-ring (bicyclic) bond motifs is 3. The van der Waals surface area contributed by atoms with Crippen LogP contribution in [0.1, 0.15) is 33.6 Å². The summed E-state index contributed by atoms with van der Waals surface area (Å²) in [5, 5.41) is 5.81. The van der Waals surface area contributed by atoms with E-state index in [1.807, 2.05) is 41.8 Å². The molecule has 0 saturated heterocycles. The van der Waals surface area contributed by atoms with E-state index >= 15 is 0 Å². The van der Waals surface area contributed by atoms with E-state index in [4.69, 9.17) is 11.6 Å². The number of benzene rings is 2. The zero-order chi connectivity index (χ0) is 25.1. The van der Waals surface area contributed by atoms with Crippen LogP contribution in [0.2, 0.25) is 5.02 Å². The third kappa shape index (κ3) is 5.28. The number of nitrogens with one attached hydrogen (secondary N) is 1. The molecular weight excluding hydrogens is 516 g/mol. The molecule has 2 aliphatic rings. The van der Waals surface area contributed by atoms with E-state index in [1.165, 1.54) is 16.7 Å². The standard InChI is InChI=1S/C26H21ClN4O3S2/c27-17-9-7-16(8-10-17)22(32)15-36-26-30-20-6-2-1-5-19(20)24-29-21(25(34)31(24)26)11-12-23(33)28-14-18-4-3-13-35-18/h1-10,13,21H,11-12,14-15H2,(H,28,33)/t21-/m1/s1. The van der Waals surface area contributed by atoms with Gasteiger partial charge in [-0.15, -0.1) is 11.3 Å². The Morgan fingerprint density at radius 3 is 2.67 bits per heavy atom. The van der Waals surface area contributed by atoms with Gasteiger partial charge in [0, 0.05) is 27.4 Å². The molecule has 0 unspecified atom stereocenters. The van der Waals surface area contributed by atoms with Crippen LogP contribution < -0.4 is 5.32 Å². The average Bonchev–Trinajstić information content (AvgIpc) is 3.53. The molecule has 3 heterocycles. The van der Waals surface area contributed by atoms with Crippen LogP contribution in [0.5, 0.6) is 0 Å². The average molecular weight is 537 g/mol. The Labute approximate surface area is 221 Å². The van der Waals surface area contributed by atoms with Crippen molar-refractivity contribution in [3.63, 3.8) is 0 Å². The van der Waals surface area contributed by atoms with E-state index in [2.05, 4.69) is 15.3 Å². The maximum absolute atomic E-state index is 13.4. The van der Waals surface area contributed by atoms with Crippen molar-refractivity contribution in [1.29, 1.82) is 0 Å². The molecule has 7 nitrogen and oxygen atoms in total. The van der Waals surface area contributed by atoms with Crippen LogP contribution in [0.4, 0.5) is 5.69 Å². The number of ketones is 1. The largest absolute Gasteiger partial charge is 0.351 e. The molecule has 10 heteroatoms. The zero-order valence-corrected chi connectivity index (χ0v) is 21.4. The molecule has 2 amide bonds. The molecule has 1 aromatic heterocycles. The molecule has 0 spiro atoms. The second-order valence-electron chi connectivity index (χ2n) is 8.17. The van der Waals surface area contributed by atoms with Gasteiger partial charge < -0.3 is 5.32 Å². The van der Waals surface area contributed by atoms with Crippen molar-refractivity contribution in [3.8, 4) is 0 Å². The molecule has 0 aliphatic carbocycles. The second kappa shape index (κ2) is 10.8. The van der Waals surface area contributed by atoms with Gasteiger partial charge in [-0.2, -0.15) is 0 Å². The Bertz CT molecular complexity index is 1370. The van der Waals surface area contributed by atoms with Crippen molar-refractivity contribution in [2.75, 3.05) is 5.75 Å². The number of carbonyl (C=O) groups is 3. The first kappa shape index (κ1) is 24.4. The number of amides is 2. The van der Waals surface area contributed by atoms with Crippen molar-refractivity contribution >= 4 is 69.0 Å². The van der Waals surface area contributed by atoms with E-state index in [-0.39, 0.29) is 29.8 Å². The highest BCUT2D eigenvalue weighted by Crippen LogP contribution is 2.34. The Hall–Kier alpha value is -3.27. The van der Waals surface area contributed by atoms with E-state index in [1.54, 1.807) is 35.6 Å². The maximum Gasteiger partial charge on any atom is 0.259 e. The summed E-state index contributed by atoms with van der Waals surface area (Å²) in [5.74, 6) is 0.155. The molecule has 5 rings (SSSR count). The molecule has 36 heavy (non-hydrogen) atoms. The Morgan fingerprint density at radius 2 is 1.89 bits per heavy atom. The van der Waals surface area contributed by atoms with Gasteiger partial charge in [-0.1, -0.05) is 41.6 Å². The number of Topliss-reactive ketones (excluding diaryl/α,β-unsaturated/α-hetero) is 1. The van der Waals surface area contributed by atoms with E-state index in [9.17, 15) is 14.4 Å². The molecule has 0 saturated carbocycles. The minimum absolute atomic E-state index is 0.0951. The van der Waals surface area contributed by atoms with Crippen molar-refractivity contribution in [2.45, 2.75) is 25.4 Å². The normalized spacial score (nSPS) is 16.2. The Kier molecular flexibility index (Phi) is 7.31. The first-order valence-electron chi connectivity index (χ1n) is 11.3. The number of rotatable bonds is 8. The predicted molar refractivity (Wildman–Crippen MR) is 144 cm³/mol. The number of carbonyl (C=O) groups excluding carboxylic acids is 3. The fraction of sp³-hybridized carbons (Fsp3) is 0.192. The molecule has 0 fully saturated rings. The van der Waals surface area contributed by atoms with Crippen LogP contribution in [0.25, 0.3) is 0 Å². The molecule has 3 aromatic rings. The van der Waals surface area contributed by atoms with Gasteiger partial charge in [0.2, 0.25) is 5.91 Å². The van der Waals surface area contributed by atoms with Gasteiger partial charge in [0.25, 0.3) is 5.91 Å². The summed E-state index contributed by atoms with van der Waals surface area (Å²) in [4.78, 5) is 50.3. The minimum atomic E-state index is -0.684. The van der Waals surface area contributed by atoms with Crippen LogP contribution in [0.3, 0.4) is 0 Å². The molecule has 182 valence electrons. The Morgan fingerprint density at radius 1 is 1.08 bits per heavy atom. The second-order valence-corrected chi connectivity index (χ2v) is 10.6. The van der Waals surface area contributed by atoms with E-state index < -0.39 is 6.04 Å². The molecular formula is C26H21ClN4O3S2. The van der Waals surface area contributed by atoms with Gasteiger partial charge in [0.15, 0.2) is 11.0 Å². The molecule has 0 bridgehead atoms. The highest BCUT2D eigenvalue weighted by molar-refractivity contribution is 8.14. The fourth-order valence-corrected chi connectivity index (χ4v) is 5.56. The van der Waals surface area contributed by atoms with Crippen LogP contribution in [0, 0.1) is 0 Å². The smallest absolute Gasteiger partial charge is 0.259 e. The highest BCUT2D eigenvalue weighted by Gasteiger charge is 2.41. The first-order valence-corrected chi connectivity index (χ1v) is 13.5.